The first kappa shape index (κ1) is 15.4. The highest BCUT2D eigenvalue weighted by Crippen LogP contribution is 2.18. The third kappa shape index (κ3) is 4.50. The van der Waals surface area contributed by atoms with Gasteiger partial charge in [0.25, 0.3) is 0 Å². The Labute approximate surface area is 126 Å². The van der Waals surface area contributed by atoms with Gasteiger partial charge < -0.3 is 15.2 Å². The van der Waals surface area contributed by atoms with E-state index in [0.29, 0.717) is 6.61 Å². The third-order valence-electron chi connectivity index (χ3n) is 3.44. The van der Waals surface area contributed by atoms with Crippen molar-refractivity contribution in [1.82, 2.24) is 0 Å². The number of rotatable bonds is 7. The lowest BCUT2D eigenvalue weighted by molar-refractivity contribution is 0.290. The molecule has 2 aromatic rings. The van der Waals surface area contributed by atoms with E-state index >= 15 is 0 Å². The molecule has 3 nitrogen and oxygen atoms in total. The van der Waals surface area contributed by atoms with Gasteiger partial charge in [-0.05, 0) is 41.8 Å². The standard InChI is InChI=1S/C18H23NO2/c1-3-4-14-5-9-17(10-6-14)21-13-18(19)15-7-11-16(20-2)12-8-15/h5-12,18H,3-4,13,19H2,1-2H3. The van der Waals surface area contributed by atoms with Gasteiger partial charge in [-0.3, -0.25) is 0 Å². The molecule has 21 heavy (non-hydrogen) atoms. The van der Waals surface area contributed by atoms with Crippen molar-refractivity contribution in [3.05, 3.63) is 59.7 Å². The Morgan fingerprint density at radius 2 is 1.57 bits per heavy atom. The van der Waals surface area contributed by atoms with Crippen molar-refractivity contribution in [2.75, 3.05) is 13.7 Å². The molecule has 0 saturated carbocycles. The van der Waals surface area contributed by atoms with Crippen molar-refractivity contribution >= 4 is 0 Å². The van der Waals surface area contributed by atoms with Crippen molar-refractivity contribution in [3.8, 4) is 11.5 Å². The second-order valence-corrected chi connectivity index (χ2v) is 5.08. The Bertz CT molecular complexity index is 534. The zero-order valence-electron chi connectivity index (χ0n) is 12.7. The first-order valence-electron chi connectivity index (χ1n) is 7.34. The predicted octanol–water partition coefficient (Wildman–Crippen LogP) is 3.73. The molecule has 0 bridgehead atoms. The molecular weight excluding hydrogens is 262 g/mol. The molecule has 0 spiro atoms. The van der Waals surface area contributed by atoms with Crippen LogP contribution in [0.1, 0.15) is 30.5 Å². The average Bonchev–Trinajstić information content (AvgIpc) is 2.54. The van der Waals surface area contributed by atoms with E-state index < -0.39 is 0 Å². The Balaban J connectivity index is 1.88. The van der Waals surface area contributed by atoms with Gasteiger partial charge in [0.15, 0.2) is 0 Å². The van der Waals surface area contributed by atoms with E-state index in [0.717, 1.165) is 29.9 Å². The predicted molar refractivity (Wildman–Crippen MR) is 85.9 cm³/mol. The first-order chi connectivity index (χ1) is 10.2. The molecule has 3 heteroatoms. The lowest BCUT2D eigenvalue weighted by Crippen LogP contribution is -2.18. The van der Waals surface area contributed by atoms with Crippen LogP contribution in [-0.4, -0.2) is 13.7 Å². The smallest absolute Gasteiger partial charge is 0.119 e. The summed E-state index contributed by atoms with van der Waals surface area (Å²) < 4.78 is 10.9. The maximum Gasteiger partial charge on any atom is 0.119 e. The summed E-state index contributed by atoms with van der Waals surface area (Å²) in [6, 6.07) is 15.8. The van der Waals surface area contributed by atoms with Gasteiger partial charge in [0.2, 0.25) is 0 Å². The van der Waals surface area contributed by atoms with Gasteiger partial charge in [0.1, 0.15) is 18.1 Å². The van der Waals surface area contributed by atoms with E-state index in [-0.39, 0.29) is 6.04 Å². The Morgan fingerprint density at radius 3 is 2.14 bits per heavy atom. The van der Waals surface area contributed by atoms with Crippen LogP contribution < -0.4 is 15.2 Å². The molecule has 0 aliphatic heterocycles. The molecule has 0 fully saturated rings. The second-order valence-electron chi connectivity index (χ2n) is 5.08. The summed E-state index contributed by atoms with van der Waals surface area (Å²) >= 11 is 0. The van der Waals surface area contributed by atoms with Crippen LogP contribution in [0.3, 0.4) is 0 Å². The summed E-state index contributed by atoms with van der Waals surface area (Å²) in [6.07, 6.45) is 2.26. The molecule has 0 aliphatic carbocycles. The zero-order chi connectivity index (χ0) is 15.1. The maximum atomic E-state index is 6.15. The highest BCUT2D eigenvalue weighted by Gasteiger charge is 2.07. The van der Waals surface area contributed by atoms with E-state index in [1.165, 1.54) is 5.56 Å². The van der Waals surface area contributed by atoms with E-state index in [1.807, 2.05) is 36.4 Å². The summed E-state index contributed by atoms with van der Waals surface area (Å²) in [7, 11) is 1.65. The maximum absolute atomic E-state index is 6.15. The summed E-state index contributed by atoms with van der Waals surface area (Å²) in [4.78, 5) is 0. The minimum atomic E-state index is -0.147. The van der Waals surface area contributed by atoms with Gasteiger partial charge in [-0.25, -0.2) is 0 Å². The largest absolute Gasteiger partial charge is 0.497 e. The fourth-order valence-electron chi connectivity index (χ4n) is 2.17. The van der Waals surface area contributed by atoms with Crippen LogP contribution >= 0.6 is 0 Å². The fourth-order valence-corrected chi connectivity index (χ4v) is 2.17. The van der Waals surface area contributed by atoms with Gasteiger partial charge in [0, 0.05) is 0 Å². The summed E-state index contributed by atoms with van der Waals surface area (Å²) in [6.45, 7) is 2.64. The van der Waals surface area contributed by atoms with Gasteiger partial charge in [0.05, 0.1) is 13.2 Å². The van der Waals surface area contributed by atoms with E-state index in [9.17, 15) is 0 Å². The zero-order valence-corrected chi connectivity index (χ0v) is 12.7. The van der Waals surface area contributed by atoms with Crippen LogP contribution in [0.4, 0.5) is 0 Å². The normalized spacial score (nSPS) is 12.0. The van der Waals surface area contributed by atoms with Crippen molar-refractivity contribution in [3.63, 3.8) is 0 Å². The van der Waals surface area contributed by atoms with Crippen molar-refractivity contribution in [2.24, 2.45) is 5.73 Å². The van der Waals surface area contributed by atoms with Crippen LogP contribution in [0.5, 0.6) is 11.5 Å². The number of ether oxygens (including phenoxy) is 2. The Morgan fingerprint density at radius 1 is 0.952 bits per heavy atom. The molecule has 2 rings (SSSR count). The van der Waals surface area contributed by atoms with Gasteiger partial charge in [-0.15, -0.1) is 0 Å². The molecule has 0 radical (unpaired) electrons. The molecule has 2 aromatic carbocycles. The number of hydrogen-bond donors (Lipinski definition) is 1. The quantitative estimate of drug-likeness (QED) is 0.843. The molecule has 0 saturated heterocycles. The summed E-state index contributed by atoms with van der Waals surface area (Å²) in [5.41, 5.74) is 8.52. The lowest BCUT2D eigenvalue weighted by atomic mass is 10.1. The highest BCUT2D eigenvalue weighted by atomic mass is 16.5. The van der Waals surface area contributed by atoms with Crippen LogP contribution in [0.15, 0.2) is 48.5 Å². The first-order valence-corrected chi connectivity index (χ1v) is 7.34. The SMILES string of the molecule is CCCc1ccc(OCC(N)c2ccc(OC)cc2)cc1. The number of aryl methyl sites for hydroxylation is 1. The molecule has 0 aliphatic rings. The van der Waals surface area contributed by atoms with Crippen LogP contribution in [0.2, 0.25) is 0 Å². The second kappa shape index (κ2) is 7.70. The van der Waals surface area contributed by atoms with Crippen molar-refractivity contribution in [2.45, 2.75) is 25.8 Å². The monoisotopic (exact) mass is 285 g/mol. The van der Waals surface area contributed by atoms with Crippen molar-refractivity contribution in [1.29, 1.82) is 0 Å². The minimum absolute atomic E-state index is 0.147. The minimum Gasteiger partial charge on any atom is -0.497 e. The molecule has 0 amide bonds. The molecule has 2 N–H and O–H groups in total. The Hall–Kier alpha value is -2.00. The van der Waals surface area contributed by atoms with Gasteiger partial charge >= 0.3 is 0 Å². The topological polar surface area (TPSA) is 44.5 Å². The highest BCUT2D eigenvalue weighted by molar-refractivity contribution is 5.30. The molecular formula is C18H23NO2. The number of methoxy groups -OCH3 is 1. The number of benzene rings is 2. The molecule has 0 aromatic heterocycles. The lowest BCUT2D eigenvalue weighted by Gasteiger charge is -2.14. The fraction of sp³-hybridized carbons (Fsp3) is 0.333. The van der Waals surface area contributed by atoms with E-state index in [4.69, 9.17) is 15.2 Å². The average molecular weight is 285 g/mol. The summed E-state index contributed by atoms with van der Waals surface area (Å²) in [5, 5.41) is 0. The Kier molecular flexibility index (Phi) is 5.64. The molecule has 1 atom stereocenters. The third-order valence-corrected chi connectivity index (χ3v) is 3.44. The number of nitrogens with two attached hydrogens (primary N) is 1. The van der Waals surface area contributed by atoms with E-state index in [1.54, 1.807) is 7.11 Å². The van der Waals surface area contributed by atoms with Crippen LogP contribution in [0, 0.1) is 0 Å². The number of hydrogen-bond acceptors (Lipinski definition) is 3. The summed E-state index contributed by atoms with van der Waals surface area (Å²) in [5.74, 6) is 1.69. The van der Waals surface area contributed by atoms with Crippen LogP contribution in [0.25, 0.3) is 0 Å². The van der Waals surface area contributed by atoms with Gasteiger partial charge in [-0.2, -0.15) is 0 Å². The van der Waals surface area contributed by atoms with E-state index in [2.05, 4.69) is 19.1 Å². The van der Waals surface area contributed by atoms with Crippen molar-refractivity contribution < 1.29 is 9.47 Å². The molecule has 0 heterocycles. The molecule has 1 unspecified atom stereocenters. The molecule has 112 valence electrons. The van der Waals surface area contributed by atoms with Crippen LogP contribution in [-0.2, 0) is 6.42 Å². The van der Waals surface area contributed by atoms with Gasteiger partial charge in [-0.1, -0.05) is 37.6 Å².